The molecule has 0 unspecified atom stereocenters. The van der Waals surface area contributed by atoms with Gasteiger partial charge in [-0.15, -0.1) is 6.58 Å². The predicted octanol–water partition coefficient (Wildman–Crippen LogP) is 2.74. The van der Waals surface area contributed by atoms with Gasteiger partial charge in [0, 0.05) is 5.41 Å². The van der Waals surface area contributed by atoms with Gasteiger partial charge >= 0.3 is 0 Å². The highest BCUT2D eigenvalue weighted by molar-refractivity contribution is 4.72. The normalized spacial score (nSPS) is 22.9. The van der Waals surface area contributed by atoms with Crippen molar-refractivity contribution >= 4 is 0 Å². The van der Waals surface area contributed by atoms with Gasteiger partial charge in [0.25, 0.3) is 0 Å². The molecule has 2 nitrogen and oxygen atoms in total. The van der Waals surface area contributed by atoms with Gasteiger partial charge in [-0.3, -0.25) is 0 Å². The van der Waals surface area contributed by atoms with Crippen molar-refractivity contribution in [3.63, 3.8) is 0 Å². The van der Waals surface area contributed by atoms with E-state index in [1.807, 2.05) is 6.08 Å². The Labute approximate surface area is 80.9 Å². The standard InChI is InChI=1S/C11H20O2/c1-4-5-6-7-10-12-8-11(2,3)9-13-10/h4,10H,1,5-9H2,2-3H3. The molecule has 2 heteroatoms. The molecule has 0 spiro atoms. The molecule has 0 saturated carbocycles. The average Bonchev–Trinajstić information content (AvgIpc) is 2.08. The number of allylic oxidation sites excluding steroid dienone is 1. The van der Waals surface area contributed by atoms with Crippen LogP contribution in [0.5, 0.6) is 0 Å². The Morgan fingerprint density at radius 2 is 2.00 bits per heavy atom. The Morgan fingerprint density at radius 1 is 1.38 bits per heavy atom. The molecule has 0 radical (unpaired) electrons. The molecule has 0 aromatic heterocycles. The third-order valence-corrected chi connectivity index (χ3v) is 2.17. The summed E-state index contributed by atoms with van der Waals surface area (Å²) < 4.78 is 11.2. The Balaban J connectivity index is 2.14. The van der Waals surface area contributed by atoms with Gasteiger partial charge in [-0.25, -0.2) is 0 Å². The minimum atomic E-state index is 0.0213. The minimum Gasteiger partial charge on any atom is -0.352 e. The molecule has 1 heterocycles. The lowest BCUT2D eigenvalue weighted by Gasteiger charge is -2.34. The van der Waals surface area contributed by atoms with Crippen LogP contribution in [0.25, 0.3) is 0 Å². The first-order valence-electron chi connectivity index (χ1n) is 4.98. The van der Waals surface area contributed by atoms with Crippen LogP contribution in [0.2, 0.25) is 0 Å². The van der Waals surface area contributed by atoms with Crippen molar-refractivity contribution in [2.75, 3.05) is 13.2 Å². The zero-order valence-electron chi connectivity index (χ0n) is 8.71. The summed E-state index contributed by atoms with van der Waals surface area (Å²) in [6, 6.07) is 0. The van der Waals surface area contributed by atoms with E-state index in [1.54, 1.807) is 0 Å². The fraction of sp³-hybridized carbons (Fsp3) is 0.818. The van der Waals surface area contributed by atoms with E-state index in [9.17, 15) is 0 Å². The van der Waals surface area contributed by atoms with E-state index < -0.39 is 0 Å². The van der Waals surface area contributed by atoms with E-state index in [2.05, 4.69) is 20.4 Å². The molecule has 76 valence electrons. The Kier molecular flexibility index (Phi) is 3.94. The average molecular weight is 184 g/mol. The molecule has 13 heavy (non-hydrogen) atoms. The predicted molar refractivity (Wildman–Crippen MR) is 53.5 cm³/mol. The smallest absolute Gasteiger partial charge is 0.157 e. The van der Waals surface area contributed by atoms with Crippen molar-refractivity contribution in [3.05, 3.63) is 12.7 Å². The van der Waals surface area contributed by atoms with Crippen molar-refractivity contribution in [1.29, 1.82) is 0 Å². The van der Waals surface area contributed by atoms with Crippen molar-refractivity contribution in [3.8, 4) is 0 Å². The molecule has 0 N–H and O–H groups in total. The van der Waals surface area contributed by atoms with E-state index in [4.69, 9.17) is 9.47 Å². The summed E-state index contributed by atoms with van der Waals surface area (Å²) in [5.74, 6) is 0. The topological polar surface area (TPSA) is 18.5 Å². The van der Waals surface area contributed by atoms with Crippen molar-refractivity contribution in [2.45, 2.75) is 39.4 Å². The molecule has 1 saturated heterocycles. The molecule has 0 aromatic carbocycles. The van der Waals surface area contributed by atoms with E-state index in [1.165, 1.54) is 0 Å². The van der Waals surface area contributed by atoms with Gasteiger partial charge in [0.1, 0.15) is 0 Å². The van der Waals surface area contributed by atoms with Gasteiger partial charge in [-0.1, -0.05) is 19.9 Å². The van der Waals surface area contributed by atoms with Gasteiger partial charge < -0.3 is 9.47 Å². The highest BCUT2D eigenvalue weighted by Gasteiger charge is 2.27. The molecule has 1 rings (SSSR count). The van der Waals surface area contributed by atoms with E-state index in [-0.39, 0.29) is 11.7 Å². The quantitative estimate of drug-likeness (QED) is 0.494. The third-order valence-electron chi connectivity index (χ3n) is 2.17. The molecule has 0 aromatic rings. The lowest BCUT2D eigenvalue weighted by molar-refractivity contribution is -0.223. The SMILES string of the molecule is C=CCCCC1OCC(C)(C)CO1. The molecule has 0 amide bonds. The Hall–Kier alpha value is -0.340. The number of unbranched alkanes of at least 4 members (excludes halogenated alkanes) is 1. The molecule has 0 bridgehead atoms. The summed E-state index contributed by atoms with van der Waals surface area (Å²) in [7, 11) is 0. The summed E-state index contributed by atoms with van der Waals surface area (Å²) in [5.41, 5.74) is 0.189. The molecular formula is C11H20O2. The monoisotopic (exact) mass is 184 g/mol. The highest BCUT2D eigenvalue weighted by atomic mass is 16.7. The minimum absolute atomic E-state index is 0.0213. The van der Waals surface area contributed by atoms with Crippen LogP contribution in [-0.4, -0.2) is 19.5 Å². The Morgan fingerprint density at radius 3 is 2.54 bits per heavy atom. The van der Waals surface area contributed by atoms with Crippen LogP contribution in [0.15, 0.2) is 12.7 Å². The lowest BCUT2D eigenvalue weighted by atomic mass is 9.95. The van der Waals surface area contributed by atoms with Crippen LogP contribution in [0.4, 0.5) is 0 Å². The van der Waals surface area contributed by atoms with Gasteiger partial charge in [0.2, 0.25) is 0 Å². The second-order valence-electron chi connectivity index (χ2n) is 4.44. The number of ether oxygens (including phenoxy) is 2. The van der Waals surface area contributed by atoms with Crippen molar-refractivity contribution < 1.29 is 9.47 Å². The zero-order valence-corrected chi connectivity index (χ0v) is 8.71. The summed E-state index contributed by atoms with van der Waals surface area (Å²) >= 11 is 0. The van der Waals surface area contributed by atoms with Crippen LogP contribution in [0.3, 0.4) is 0 Å². The highest BCUT2D eigenvalue weighted by Crippen LogP contribution is 2.24. The third kappa shape index (κ3) is 3.92. The summed E-state index contributed by atoms with van der Waals surface area (Å²) in [5, 5.41) is 0. The van der Waals surface area contributed by atoms with Crippen LogP contribution in [-0.2, 0) is 9.47 Å². The van der Waals surface area contributed by atoms with Gasteiger partial charge in [-0.05, 0) is 19.3 Å². The molecule has 1 aliphatic heterocycles. The van der Waals surface area contributed by atoms with Crippen molar-refractivity contribution in [1.82, 2.24) is 0 Å². The van der Waals surface area contributed by atoms with Crippen LogP contribution < -0.4 is 0 Å². The summed E-state index contributed by atoms with van der Waals surface area (Å²) in [6.45, 7) is 9.63. The summed E-state index contributed by atoms with van der Waals surface area (Å²) in [6.07, 6.45) is 5.10. The fourth-order valence-corrected chi connectivity index (χ4v) is 1.32. The van der Waals surface area contributed by atoms with Crippen LogP contribution in [0.1, 0.15) is 33.1 Å². The number of rotatable bonds is 4. The maximum absolute atomic E-state index is 5.58. The first-order chi connectivity index (χ1) is 6.14. The van der Waals surface area contributed by atoms with Gasteiger partial charge in [0.05, 0.1) is 13.2 Å². The van der Waals surface area contributed by atoms with E-state index >= 15 is 0 Å². The van der Waals surface area contributed by atoms with Gasteiger partial charge in [0.15, 0.2) is 6.29 Å². The lowest BCUT2D eigenvalue weighted by Crippen LogP contribution is -2.37. The van der Waals surface area contributed by atoms with E-state index in [0.29, 0.717) is 0 Å². The maximum atomic E-state index is 5.58. The zero-order chi connectivity index (χ0) is 9.73. The second-order valence-corrected chi connectivity index (χ2v) is 4.44. The molecular weight excluding hydrogens is 164 g/mol. The molecule has 0 aliphatic carbocycles. The van der Waals surface area contributed by atoms with Crippen LogP contribution in [0, 0.1) is 5.41 Å². The maximum Gasteiger partial charge on any atom is 0.157 e. The second kappa shape index (κ2) is 4.77. The van der Waals surface area contributed by atoms with Crippen LogP contribution >= 0.6 is 0 Å². The number of hydrogen-bond donors (Lipinski definition) is 0. The first kappa shape index (κ1) is 10.7. The largest absolute Gasteiger partial charge is 0.352 e. The molecule has 0 atom stereocenters. The first-order valence-corrected chi connectivity index (χ1v) is 4.98. The molecule has 1 fully saturated rings. The Bertz CT molecular complexity index is 153. The summed E-state index contributed by atoms with van der Waals surface area (Å²) in [4.78, 5) is 0. The molecule has 1 aliphatic rings. The number of hydrogen-bond acceptors (Lipinski definition) is 2. The van der Waals surface area contributed by atoms with E-state index in [0.717, 1.165) is 32.5 Å². The van der Waals surface area contributed by atoms with Crippen molar-refractivity contribution in [2.24, 2.45) is 5.41 Å². The van der Waals surface area contributed by atoms with Gasteiger partial charge in [-0.2, -0.15) is 0 Å². The fourth-order valence-electron chi connectivity index (χ4n) is 1.32.